The van der Waals surface area contributed by atoms with Crippen LogP contribution in [-0.2, 0) is 11.8 Å². The fourth-order valence-corrected chi connectivity index (χ4v) is 2.82. The predicted octanol–water partition coefficient (Wildman–Crippen LogP) is 1.75. The molecular weight excluding hydrogens is 306 g/mol. The summed E-state index contributed by atoms with van der Waals surface area (Å²) in [6, 6.07) is 7.08. The quantitative estimate of drug-likeness (QED) is 0.882. The topological polar surface area (TPSA) is 79.3 Å². The number of aryl methyl sites for hydroxylation is 2. The Morgan fingerprint density at radius 2 is 2.17 bits per heavy atom. The van der Waals surface area contributed by atoms with Gasteiger partial charge >= 0.3 is 6.03 Å². The summed E-state index contributed by atoms with van der Waals surface area (Å²) in [5, 5.41) is 9.86. The van der Waals surface area contributed by atoms with Crippen LogP contribution in [0, 0.1) is 6.92 Å². The molecule has 0 bridgehead atoms. The molecular formula is C17H21N5O2. The Bertz CT molecular complexity index is 783. The Kier molecular flexibility index (Phi) is 4.24. The lowest BCUT2D eigenvalue weighted by Crippen LogP contribution is -2.56. The number of amides is 3. The lowest BCUT2D eigenvalue weighted by molar-refractivity contribution is -0.126. The summed E-state index contributed by atoms with van der Waals surface area (Å²) in [5.41, 5.74) is 3.64. The standard InChI is InChI=1S/C17H21N5O2/c1-11-4-5-13(15-6-7-19-21(15)3)10-14(11)20-17(24)22-9-8-18-16(23)12(22)2/h4-7,10,12H,8-9H2,1-3H3,(H,18,23)(H,20,24)/t12-/m1/s1. The number of urea groups is 1. The predicted molar refractivity (Wildman–Crippen MR) is 91.6 cm³/mol. The zero-order valence-corrected chi connectivity index (χ0v) is 14.0. The summed E-state index contributed by atoms with van der Waals surface area (Å²) in [6.45, 7) is 4.64. The van der Waals surface area contributed by atoms with Crippen LogP contribution in [0.4, 0.5) is 10.5 Å². The smallest absolute Gasteiger partial charge is 0.322 e. The number of hydrogen-bond donors (Lipinski definition) is 2. The molecule has 0 radical (unpaired) electrons. The SMILES string of the molecule is Cc1ccc(-c2ccnn2C)cc1NC(=O)N1CCNC(=O)[C@H]1C. The van der Waals surface area contributed by atoms with Gasteiger partial charge in [-0.1, -0.05) is 12.1 Å². The maximum Gasteiger partial charge on any atom is 0.322 e. The zero-order chi connectivity index (χ0) is 17.3. The minimum Gasteiger partial charge on any atom is -0.353 e. The molecule has 1 saturated heterocycles. The fourth-order valence-electron chi connectivity index (χ4n) is 2.82. The van der Waals surface area contributed by atoms with Gasteiger partial charge in [-0.05, 0) is 31.5 Å². The average molecular weight is 327 g/mol. The molecule has 126 valence electrons. The van der Waals surface area contributed by atoms with Crippen LogP contribution in [0.25, 0.3) is 11.3 Å². The van der Waals surface area contributed by atoms with Crippen molar-refractivity contribution in [3.05, 3.63) is 36.0 Å². The molecule has 2 N–H and O–H groups in total. The van der Waals surface area contributed by atoms with E-state index in [9.17, 15) is 9.59 Å². The van der Waals surface area contributed by atoms with Gasteiger partial charge in [-0.15, -0.1) is 0 Å². The maximum atomic E-state index is 12.6. The largest absolute Gasteiger partial charge is 0.353 e. The summed E-state index contributed by atoms with van der Waals surface area (Å²) in [4.78, 5) is 25.8. The van der Waals surface area contributed by atoms with Crippen LogP contribution in [0.15, 0.2) is 30.5 Å². The summed E-state index contributed by atoms with van der Waals surface area (Å²) in [5.74, 6) is -0.128. The van der Waals surface area contributed by atoms with Crippen LogP contribution in [0.3, 0.4) is 0 Å². The van der Waals surface area contributed by atoms with E-state index in [1.165, 1.54) is 0 Å². The Morgan fingerprint density at radius 1 is 1.38 bits per heavy atom. The molecule has 1 aromatic carbocycles. The Labute approximate surface area is 140 Å². The van der Waals surface area contributed by atoms with Crippen LogP contribution in [0.1, 0.15) is 12.5 Å². The number of carbonyl (C=O) groups is 2. The number of aromatic nitrogens is 2. The fraction of sp³-hybridized carbons (Fsp3) is 0.353. The van der Waals surface area contributed by atoms with Crippen molar-refractivity contribution < 1.29 is 9.59 Å². The molecule has 3 rings (SSSR count). The van der Waals surface area contributed by atoms with Crippen LogP contribution in [-0.4, -0.2) is 45.8 Å². The third-order valence-electron chi connectivity index (χ3n) is 4.36. The Hall–Kier alpha value is -2.83. The van der Waals surface area contributed by atoms with E-state index in [1.54, 1.807) is 22.7 Å². The van der Waals surface area contributed by atoms with Crippen LogP contribution < -0.4 is 10.6 Å². The van der Waals surface area contributed by atoms with E-state index < -0.39 is 6.04 Å². The molecule has 2 aromatic rings. The van der Waals surface area contributed by atoms with Crippen molar-refractivity contribution in [3.8, 4) is 11.3 Å². The van der Waals surface area contributed by atoms with Crippen molar-refractivity contribution in [2.45, 2.75) is 19.9 Å². The lowest BCUT2D eigenvalue weighted by Gasteiger charge is -2.32. The summed E-state index contributed by atoms with van der Waals surface area (Å²) >= 11 is 0. The number of benzene rings is 1. The molecule has 2 heterocycles. The van der Waals surface area contributed by atoms with Crippen molar-refractivity contribution in [1.82, 2.24) is 20.0 Å². The van der Waals surface area contributed by atoms with Gasteiger partial charge in [0.1, 0.15) is 6.04 Å². The van der Waals surface area contributed by atoms with Gasteiger partial charge in [0.2, 0.25) is 5.91 Å². The Morgan fingerprint density at radius 3 is 2.88 bits per heavy atom. The highest BCUT2D eigenvalue weighted by molar-refractivity contribution is 5.95. The zero-order valence-electron chi connectivity index (χ0n) is 14.0. The molecule has 1 fully saturated rings. The van der Waals surface area contributed by atoms with E-state index >= 15 is 0 Å². The minimum atomic E-state index is -0.473. The highest BCUT2D eigenvalue weighted by Crippen LogP contribution is 2.25. The second-order valence-electron chi connectivity index (χ2n) is 5.96. The molecule has 1 aromatic heterocycles. The molecule has 1 aliphatic heterocycles. The average Bonchev–Trinajstić information content (AvgIpc) is 2.98. The van der Waals surface area contributed by atoms with Crippen molar-refractivity contribution in [2.24, 2.45) is 7.05 Å². The van der Waals surface area contributed by atoms with Crippen molar-refractivity contribution >= 4 is 17.6 Å². The molecule has 3 amide bonds. The van der Waals surface area contributed by atoms with Gasteiger partial charge in [-0.25, -0.2) is 4.79 Å². The van der Waals surface area contributed by atoms with Gasteiger partial charge in [0.15, 0.2) is 0 Å². The maximum absolute atomic E-state index is 12.6. The molecule has 1 aliphatic rings. The van der Waals surface area contributed by atoms with Gasteiger partial charge in [0, 0.05) is 37.6 Å². The lowest BCUT2D eigenvalue weighted by atomic mass is 10.1. The van der Waals surface area contributed by atoms with Crippen LogP contribution in [0.2, 0.25) is 0 Å². The first-order chi connectivity index (χ1) is 11.5. The van der Waals surface area contributed by atoms with Crippen LogP contribution >= 0.6 is 0 Å². The molecule has 0 unspecified atom stereocenters. The number of nitrogens with one attached hydrogen (secondary N) is 2. The van der Waals surface area contributed by atoms with Gasteiger partial charge in [0.05, 0.1) is 5.69 Å². The van der Waals surface area contributed by atoms with E-state index in [-0.39, 0.29) is 11.9 Å². The number of nitrogens with zero attached hydrogens (tertiary/aromatic N) is 3. The van der Waals surface area contributed by atoms with E-state index in [2.05, 4.69) is 15.7 Å². The first kappa shape index (κ1) is 16.0. The van der Waals surface area contributed by atoms with Gasteiger partial charge in [-0.3, -0.25) is 9.48 Å². The van der Waals surface area contributed by atoms with Gasteiger partial charge < -0.3 is 15.5 Å². The molecule has 7 heteroatoms. The number of rotatable bonds is 2. The summed E-state index contributed by atoms with van der Waals surface area (Å²) in [7, 11) is 1.88. The third kappa shape index (κ3) is 2.97. The number of carbonyl (C=O) groups excluding carboxylic acids is 2. The molecule has 0 spiro atoms. The van der Waals surface area contributed by atoms with Crippen LogP contribution in [0.5, 0.6) is 0 Å². The number of piperazine rings is 1. The van der Waals surface area contributed by atoms with E-state index in [1.807, 2.05) is 38.2 Å². The normalized spacial score (nSPS) is 17.5. The van der Waals surface area contributed by atoms with Gasteiger partial charge in [0.25, 0.3) is 0 Å². The molecule has 1 atom stereocenters. The first-order valence-corrected chi connectivity index (χ1v) is 7.91. The van der Waals surface area contributed by atoms with E-state index in [0.717, 1.165) is 22.5 Å². The third-order valence-corrected chi connectivity index (χ3v) is 4.36. The Balaban J connectivity index is 1.83. The summed E-state index contributed by atoms with van der Waals surface area (Å²) in [6.07, 6.45) is 1.74. The van der Waals surface area contributed by atoms with Crippen molar-refractivity contribution in [3.63, 3.8) is 0 Å². The monoisotopic (exact) mass is 327 g/mol. The number of hydrogen-bond acceptors (Lipinski definition) is 3. The second kappa shape index (κ2) is 6.35. The van der Waals surface area contributed by atoms with Crippen molar-refractivity contribution in [1.29, 1.82) is 0 Å². The summed E-state index contributed by atoms with van der Waals surface area (Å²) < 4.78 is 1.79. The molecule has 7 nitrogen and oxygen atoms in total. The van der Waals surface area contributed by atoms with Gasteiger partial charge in [-0.2, -0.15) is 5.10 Å². The minimum absolute atomic E-state index is 0.128. The van der Waals surface area contributed by atoms with E-state index in [4.69, 9.17) is 0 Å². The van der Waals surface area contributed by atoms with Crippen molar-refractivity contribution in [2.75, 3.05) is 18.4 Å². The molecule has 0 saturated carbocycles. The highest BCUT2D eigenvalue weighted by Gasteiger charge is 2.29. The first-order valence-electron chi connectivity index (χ1n) is 7.91. The van der Waals surface area contributed by atoms with E-state index in [0.29, 0.717) is 13.1 Å². The number of anilines is 1. The highest BCUT2D eigenvalue weighted by atomic mass is 16.2. The molecule has 0 aliphatic carbocycles. The molecule has 24 heavy (non-hydrogen) atoms. The second-order valence-corrected chi connectivity index (χ2v) is 5.96.